The fourth-order valence-corrected chi connectivity index (χ4v) is 9.02. The molecule has 0 radical (unpaired) electrons. The zero-order valence-electron chi connectivity index (χ0n) is 45.5. The van der Waals surface area contributed by atoms with Crippen LogP contribution in [0.4, 0.5) is 11.4 Å². The molecule has 0 saturated carbocycles. The van der Waals surface area contributed by atoms with Gasteiger partial charge in [-0.05, 0) is 104 Å². The van der Waals surface area contributed by atoms with Crippen LogP contribution in [-0.2, 0) is 15.6 Å². The average molecular weight is 922 g/mol. The summed E-state index contributed by atoms with van der Waals surface area (Å²) in [4.78, 5) is 29.0. The van der Waals surface area contributed by atoms with E-state index in [4.69, 9.17) is 24.9 Å². The smallest absolute Gasteiger partial charge is 0.261 e. The summed E-state index contributed by atoms with van der Waals surface area (Å²) in [6, 6.07) is 13.4. The lowest BCUT2D eigenvalue weighted by atomic mass is 9.76. The number of hydrogen-bond donors (Lipinski definition) is 1. The number of carbonyl (C=O) groups excluding carboxylic acids is 1. The van der Waals surface area contributed by atoms with Gasteiger partial charge in [-0.2, -0.15) is 5.10 Å². The van der Waals surface area contributed by atoms with Crippen molar-refractivity contribution < 1.29 is 9.53 Å². The fourth-order valence-electron chi connectivity index (χ4n) is 9.02. The largest absolute Gasteiger partial charge is 0.480 e. The third kappa shape index (κ3) is 15.2. The predicted molar refractivity (Wildman–Crippen MR) is 286 cm³/mol. The molecule has 9 nitrogen and oxygen atoms in total. The number of anilines is 1. The van der Waals surface area contributed by atoms with E-state index in [0.29, 0.717) is 36.5 Å². The number of benzene rings is 2. The highest BCUT2D eigenvalue weighted by atomic mass is 16.5. The fraction of sp³-hybridized carbons (Fsp3) is 0.707. The van der Waals surface area contributed by atoms with Crippen LogP contribution in [0.15, 0.2) is 46.5 Å². The molecule has 374 valence electrons. The van der Waals surface area contributed by atoms with Crippen LogP contribution in [0, 0.1) is 24.2 Å². The Labute approximate surface area is 409 Å². The van der Waals surface area contributed by atoms with Crippen molar-refractivity contribution in [2.24, 2.45) is 27.3 Å². The maximum Gasteiger partial charge on any atom is 0.261 e. The van der Waals surface area contributed by atoms with Crippen LogP contribution in [0.5, 0.6) is 5.75 Å². The van der Waals surface area contributed by atoms with E-state index in [1.165, 1.54) is 62.6 Å². The standard InChI is InChI=1S/C58H95N7O2/c1-17-24-27-28-31-50(67-49-35-32-45(57(13,14)22-6)37-47(49)58(15,16)23-7)55(66)59-38-42(9)53-61-54-51(52(56(10,11)12)62-65(54)63-53)60-48-34-33-46(36-41(48)8)64(39-43(20-4)29-25-18-2)40-44(21-5)30-26-19-3/h32-37,42-44,50H,17-31,38-40H2,1-16H3,(H,59,66). The Kier molecular flexibility index (Phi) is 21.2. The first-order valence-corrected chi connectivity index (χ1v) is 26.9. The van der Waals surface area contributed by atoms with Gasteiger partial charge in [-0.15, -0.1) is 9.89 Å². The van der Waals surface area contributed by atoms with Crippen molar-refractivity contribution in [2.75, 3.05) is 24.5 Å². The van der Waals surface area contributed by atoms with E-state index in [0.717, 1.165) is 85.6 Å². The van der Waals surface area contributed by atoms with Gasteiger partial charge >= 0.3 is 0 Å². The lowest BCUT2D eigenvalue weighted by Crippen LogP contribution is -2.40. The molecule has 2 aromatic carbocycles. The molecule has 1 aliphatic heterocycles. The highest BCUT2D eigenvalue weighted by Gasteiger charge is 2.36. The summed E-state index contributed by atoms with van der Waals surface area (Å²) in [5.74, 6) is 3.18. The van der Waals surface area contributed by atoms with E-state index in [1.807, 2.05) is 0 Å². The second-order valence-corrected chi connectivity index (χ2v) is 22.3. The quantitative estimate of drug-likeness (QED) is 0.0700. The zero-order valence-corrected chi connectivity index (χ0v) is 45.5. The Hall–Kier alpha value is -4.01. The molecule has 1 amide bonds. The van der Waals surface area contributed by atoms with Crippen LogP contribution in [0.2, 0.25) is 0 Å². The number of nitrogens with zero attached hydrogens (tertiary/aromatic N) is 6. The minimum Gasteiger partial charge on any atom is -0.480 e. The van der Waals surface area contributed by atoms with Gasteiger partial charge in [0.05, 0.1) is 11.4 Å². The average Bonchev–Trinajstić information content (AvgIpc) is 3.88. The van der Waals surface area contributed by atoms with Crippen molar-refractivity contribution in [1.82, 2.24) is 20.2 Å². The lowest BCUT2D eigenvalue weighted by Gasteiger charge is -2.33. The van der Waals surface area contributed by atoms with Crippen LogP contribution in [-0.4, -0.2) is 57.9 Å². The number of unbranched alkanes of at least 4 members (excludes halogenated alkanes) is 5. The highest BCUT2D eigenvalue weighted by Crippen LogP contribution is 2.39. The Morgan fingerprint density at radius 1 is 0.776 bits per heavy atom. The Morgan fingerprint density at radius 2 is 1.40 bits per heavy atom. The molecule has 0 spiro atoms. The molecule has 1 aliphatic rings. The van der Waals surface area contributed by atoms with Crippen LogP contribution in [0.3, 0.4) is 0 Å². The van der Waals surface area contributed by atoms with Crippen LogP contribution >= 0.6 is 0 Å². The number of ether oxygens (including phenoxy) is 1. The summed E-state index contributed by atoms with van der Waals surface area (Å²) < 4.78 is 6.80. The van der Waals surface area contributed by atoms with Gasteiger partial charge in [0.2, 0.25) is 5.82 Å². The highest BCUT2D eigenvalue weighted by molar-refractivity contribution is 6.50. The first kappa shape index (κ1) is 55.6. The van der Waals surface area contributed by atoms with Gasteiger partial charge in [0, 0.05) is 42.2 Å². The van der Waals surface area contributed by atoms with Gasteiger partial charge in [-0.3, -0.25) is 4.79 Å². The number of aryl methyl sites for hydroxylation is 1. The molecule has 4 unspecified atom stereocenters. The molecule has 0 aliphatic carbocycles. The van der Waals surface area contributed by atoms with E-state index in [2.05, 4.69) is 157 Å². The molecular weight excluding hydrogens is 827 g/mol. The summed E-state index contributed by atoms with van der Waals surface area (Å²) in [5.41, 5.74) is 7.08. The molecule has 1 aromatic heterocycles. The molecule has 0 saturated heterocycles. The molecule has 9 heteroatoms. The molecule has 0 fully saturated rings. The monoisotopic (exact) mass is 922 g/mol. The van der Waals surface area contributed by atoms with Gasteiger partial charge in [0.15, 0.2) is 11.9 Å². The third-order valence-electron chi connectivity index (χ3n) is 14.9. The summed E-state index contributed by atoms with van der Waals surface area (Å²) in [5, 5.41) is 13.2. The van der Waals surface area contributed by atoms with E-state index in [1.54, 1.807) is 4.79 Å². The molecule has 2 heterocycles. The summed E-state index contributed by atoms with van der Waals surface area (Å²) in [7, 11) is 0. The molecule has 67 heavy (non-hydrogen) atoms. The van der Waals surface area contributed by atoms with E-state index < -0.39 is 6.10 Å². The lowest BCUT2D eigenvalue weighted by molar-refractivity contribution is -0.128. The minimum atomic E-state index is -0.608. The minimum absolute atomic E-state index is 0.0439. The van der Waals surface area contributed by atoms with Gasteiger partial charge in [-0.1, -0.05) is 174 Å². The zero-order chi connectivity index (χ0) is 49.5. The Morgan fingerprint density at radius 3 is 1.96 bits per heavy atom. The second-order valence-electron chi connectivity index (χ2n) is 22.3. The van der Waals surface area contributed by atoms with Crippen LogP contribution in [0.1, 0.15) is 234 Å². The number of nitrogens with one attached hydrogen (secondary N) is 1. The van der Waals surface area contributed by atoms with Crippen molar-refractivity contribution in [2.45, 2.75) is 230 Å². The predicted octanol–water partition coefficient (Wildman–Crippen LogP) is 15.2. The van der Waals surface area contributed by atoms with Gasteiger partial charge in [-0.25, -0.2) is 9.98 Å². The van der Waals surface area contributed by atoms with Crippen molar-refractivity contribution in [3.63, 3.8) is 0 Å². The molecule has 4 atom stereocenters. The summed E-state index contributed by atoms with van der Waals surface area (Å²) in [6.45, 7) is 38.4. The van der Waals surface area contributed by atoms with E-state index >= 15 is 0 Å². The summed E-state index contributed by atoms with van der Waals surface area (Å²) >= 11 is 0. The normalized spacial score (nSPS) is 15.6. The van der Waals surface area contributed by atoms with E-state index in [9.17, 15) is 4.79 Å². The first-order valence-electron chi connectivity index (χ1n) is 26.9. The topological polar surface area (TPSA) is 97.0 Å². The van der Waals surface area contributed by atoms with Gasteiger partial charge < -0.3 is 15.0 Å². The summed E-state index contributed by atoms with van der Waals surface area (Å²) in [6.07, 6.45) is 16.3. The van der Waals surface area contributed by atoms with Crippen molar-refractivity contribution in [1.29, 1.82) is 0 Å². The SMILES string of the molecule is CCCCCCC(Oc1ccc(C(C)(C)CC)cc1C(C)(C)CC)C(=O)NCC(C)c1nc2n(n1)N=C(C(C)(C)C)C2=Nc1ccc(N(CC(CC)CCCC)CC(CC)CCCC)cc1C. The molecule has 3 aromatic rings. The van der Waals surface area contributed by atoms with Crippen molar-refractivity contribution in [3.8, 4) is 5.75 Å². The molecule has 1 N–H and O–H groups in total. The number of amides is 1. The molecular formula is C58H95N7O2. The number of hydrogen-bond acceptors (Lipinski definition) is 7. The Bertz CT molecular complexity index is 2050. The van der Waals surface area contributed by atoms with Gasteiger partial charge in [0.25, 0.3) is 5.91 Å². The number of carbonyl (C=O) groups is 1. The van der Waals surface area contributed by atoms with Crippen molar-refractivity contribution >= 4 is 28.7 Å². The Balaban J connectivity index is 1.61. The van der Waals surface area contributed by atoms with Crippen molar-refractivity contribution in [3.05, 3.63) is 64.7 Å². The van der Waals surface area contributed by atoms with Crippen LogP contribution in [0.25, 0.3) is 0 Å². The van der Waals surface area contributed by atoms with E-state index in [-0.39, 0.29) is 28.1 Å². The maximum atomic E-state index is 14.2. The number of rotatable bonds is 29. The molecule has 0 bridgehead atoms. The van der Waals surface area contributed by atoms with Crippen LogP contribution < -0.4 is 15.0 Å². The maximum absolute atomic E-state index is 14.2. The third-order valence-corrected chi connectivity index (χ3v) is 14.9. The number of fused-ring (bicyclic) bond motifs is 1. The second kappa shape index (κ2) is 25.6. The van der Waals surface area contributed by atoms with Gasteiger partial charge in [0.1, 0.15) is 11.5 Å². The number of aliphatic imine (C=N–C) groups is 1. The number of aromatic nitrogens is 3. The first-order chi connectivity index (χ1) is 31.8. The molecule has 4 rings (SSSR count).